The van der Waals surface area contributed by atoms with Gasteiger partial charge >= 0.3 is 6.18 Å². The molecule has 2 aliphatic rings. The third-order valence-electron chi connectivity index (χ3n) is 6.53. The van der Waals surface area contributed by atoms with Gasteiger partial charge in [-0.2, -0.15) is 18.2 Å². The fraction of sp³-hybridized carbons (Fsp3) is 0.360. The van der Waals surface area contributed by atoms with Crippen LogP contribution in [0.2, 0.25) is 0 Å². The van der Waals surface area contributed by atoms with Crippen molar-refractivity contribution in [1.29, 1.82) is 0 Å². The van der Waals surface area contributed by atoms with Crippen LogP contribution >= 0.6 is 0 Å². The van der Waals surface area contributed by atoms with Crippen molar-refractivity contribution in [2.45, 2.75) is 39.5 Å². The van der Waals surface area contributed by atoms with Gasteiger partial charge in [-0.1, -0.05) is 18.2 Å². The number of benzene rings is 1. The molecule has 182 valence electrons. The van der Waals surface area contributed by atoms with E-state index in [0.29, 0.717) is 49.7 Å². The minimum absolute atomic E-state index is 0.0360. The molecule has 0 saturated carbocycles. The van der Waals surface area contributed by atoms with Gasteiger partial charge in [-0.05, 0) is 42.2 Å². The van der Waals surface area contributed by atoms with E-state index in [1.54, 1.807) is 24.1 Å². The van der Waals surface area contributed by atoms with Crippen molar-refractivity contribution >= 4 is 22.4 Å². The average Bonchev–Trinajstić information content (AvgIpc) is 3.31. The second kappa shape index (κ2) is 8.83. The third-order valence-corrected chi connectivity index (χ3v) is 6.53. The molecule has 2 aliphatic heterocycles. The lowest BCUT2D eigenvalue weighted by Crippen LogP contribution is -2.32. The Morgan fingerprint density at radius 2 is 2.09 bits per heavy atom. The van der Waals surface area contributed by atoms with E-state index in [9.17, 15) is 18.0 Å². The number of hydrogen-bond acceptors (Lipinski definition) is 5. The van der Waals surface area contributed by atoms with Crippen LogP contribution < -0.4 is 10.2 Å². The molecule has 1 aromatic carbocycles. The lowest BCUT2D eigenvalue weighted by atomic mass is 10.0. The number of pyridine rings is 1. The summed E-state index contributed by atoms with van der Waals surface area (Å²) in [6.07, 6.45) is 0.0220. The maximum atomic E-state index is 13.3. The second-order valence-corrected chi connectivity index (χ2v) is 8.65. The van der Waals surface area contributed by atoms with Crippen LogP contribution in [0.4, 0.5) is 13.2 Å². The molecule has 4 heterocycles. The molecule has 0 N–H and O–H groups in total. The first-order chi connectivity index (χ1) is 16.7. The van der Waals surface area contributed by atoms with E-state index >= 15 is 0 Å². The fourth-order valence-electron chi connectivity index (χ4n) is 4.52. The molecule has 3 aromatic rings. The summed E-state index contributed by atoms with van der Waals surface area (Å²) in [6, 6.07) is 6.46. The summed E-state index contributed by atoms with van der Waals surface area (Å²) in [5, 5.41) is 0.753. The van der Waals surface area contributed by atoms with Gasteiger partial charge < -0.3 is 9.64 Å². The predicted octanol–water partition coefficient (Wildman–Crippen LogP) is 3.89. The summed E-state index contributed by atoms with van der Waals surface area (Å²) in [4.78, 5) is 27.2. The quantitative estimate of drug-likeness (QED) is 0.567. The molecule has 35 heavy (non-hydrogen) atoms. The molecule has 0 saturated heterocycles. The van der Waals surface area contributed by atoms with Gasteiger partial charge in [-0.25, -0.2) is 0 Å². The number of hydrogen-bond donors (Lipinski definition) is 0. The van der Waals surface area contributed by atoms with Crippen molar-refractivity contribution in [1.82, 2.24) is 19.4 Å². The van der Waals surface area contributed by atoms with E-state index in [0.717, 1.165) is 28.2 Å². The molecule has 7 nitrogen and oxygen atoms in total. The highest BCUT2D eigenvalue weighted by Gasteiger charge is 2.32. The summed E-state index contributed by atoms with van der Waals surface area (Å²) >= 11 is 0. The zero-order valence-corrected chi connectivity index (χ0v) is 19.4. The molecule has 0 spiro atoms. The minimum Gasteiger partial charge on any atom is -0.463 e. The molecular formula is C25H24F3N5O2. The van der Waals surface area contributed by atoms with E-state index in [-0.39, 0.29) is 18.0 Å². The Hall–Kier alpha value is -3.69. The number of carbonyl (C=O) groups is 1. The minimum atomic E-state index is -4.42. The first-order valence-corrected chi connectivity index (χ1v) is 11.4. The van der Waals surface area contributed by atoms with Gasteiger partial charge in [-0.3, -0.25) is 19.3 Å². The zero-order valence-electron chi connectivity index (χ0n) is 19.4. The van der Waals surface area contributed by atoms with E-state index in [2.05, 4.69) is 15.0 Å². The van der Waals surface area contributed by atoms with E-state index < -0.39 is 11.7 Å². The van der Waals surface area contributed by atoms with Crippen molar-refractivity contribution in [2.24, 2.45) is 4.99 Å². The molecule has 0 atom stereocenters. The van der Waals surface area contributed by atoms with Gasteiger partial charge in [0.25, 0.3) is 6.01 Å². The SMILES string of the molecule is CC(=O)N1CC=C(c2cc3c(=NCc4cccc(C(F)(F)F)c4C)nc4n(c3cn2)CCO4)CC1. The summed E-state index contributed by atoms with van der Waals surface area (Å²) in [6.45, 7) is 5.32. The van der Waals surface area contributed by atoms with E-state index in [4.69, 9.17) is 4.74 Å². The predicted molar refractivity (Wildman–Crippen MR) is 123 cm³/mol. The highest BCUT2D eigenvalue weighted by Crippen LogP contribution is 2.33. The summed E-state index contributed by atoms with van der Waals surface area (Å²) in [7, 11) is 0. The summed E-state index contributed by atoms with van der Waals surface area (Å²) < 4.78 is 47.6. The molecule has 5 rings (SSSR count). The smallest absolute Gasteiger partial charge is 0.416 e. The summed E-state index contributed by atoms with van der Waals surface area (Å²) in [5.41, 5.74) is 2.99. The Morgan fingerprint density at radius 1 is 1.26 bits per heavy atom. The molecule has 1 amide bonds. The monoisotopic (exact) mass is 483 g/mol. The Balaban J connectivity index is 1.58. The van der Waals surface area contributed by atoms with Gasteiger partial charge in [0.15, 0.2) is 5.49 Å². The standard InChI is InChI=1S/C25H24F3N5O2/c1-15-18(4-3-5-20(15)25(26,27)28)13-30-23-19-12-21(17-6-8-32(9-7-17)16(2)34)29-14-22(19)33-10-11-35-24(33)31-23/h3-6,12,14H,7-11,13H2,1-2H3. The highest BCUT2D eigenvalue weighted by molar-refractivity contribution is 5.82. The van der Waals surface area contributed by atoms with Gasteiger partial charge in [0.2, 0.25) is 5.91 Å². The highest BCUT2D eigenvalue weighted by atomic mass is 19.4. The van der Waals surface area contributed by atoms with Gasteiger partial charge in [0, 0.05) is 25.4 Å². The normalized spacial score (nSPS) is 16.3. The molecule has 0 radical (unpaired) electrons. The molecule has 10 heteroatoms. The Labute approximate surface area is 199 Å². The van der Waals surface area contributed by atoms with Crippen LogP contribution in [0, 0.1) is 6.92 Å². The lowest BCUT2D eigenvalue weighted by Gasteiger charge is -2.25. The van der Waals surface area contributed by atoms with Crippen LogP contribution in [-0.2, 0) is 24.1 Å². The number of nitrogens with zero attached hydrogens (tertiary/aromatic N) is 5. The van der Waals surface area contributed by atoms with E-state index in [1.807, 2.05) is 16.7 Å². The third kappa shape index (κ3) is 4.40. The van der Waals surface area contributed by atoms with Crippen molar-refractivity contribution in [3.63, 3.8) is 0 Å². The maximum absolute atomic E-state index is 13.3. The van der Waals surface area contributed by atoms with Crippen molar-refractivity contribution in [3.8, 4) is 6.01 Å². The Morgan fingerprint density at radius 3 is 2.80 bits per heavy atom. The van der Waals surface area contributed by atoms with Crippen LogP contribution in [0.5, 0.6) is 6.01 Å². The number of alkyl halides is 3. The molecule has 0 unspecified atom stereocenters. The van der Waals surface area contributed by atoms with Crippen molar-refractivity contribution in [2.75, 3.05) is 19.7 Å². The fourth-order valence-corrected chi connectivity index (χ4v) is 4.52. The topological polar surface area (TPSA) is 72.6 Å². The van der Waals surface area contributed by atoms with Gasteiger partial charge in [0.05, 0.1) is 36.1 Å². The second-order valence-electron chi connectivity index (χ2n) is 8.65. The zero-order chi connectivity index (χ0) is 24.7. The average molecular weight is 483 g/mol. The first kappa shape index (κ1) is 23.1. The number of rotatable bonds is 3. The van der Waals surface area contributed by atoms with Crippen LogP contribution in [0.3, 0.4) is 0 Å². The lowest BCUT2D eigenvalue weighted by molar-refractivity contribution is -0.138. The number of carbonyl (C=O) groups excluding carboxylic acids is 1. The maximum Gasteiger partial charge on any atom is 0.416 e. The number of amides is 1. The van der Waals surface area contributed by atoms with Crippen LogP contribution in [-0.4, -0.2) is 45.0 Å². The largest absolute Gasteiger partial charge is 0.463 e. The van der Waals surface area contributed by atoms with Crippen LogP contribution in [0.1, 0.15) is 35.7 Å². The van der Waals surface area contributed by atoms with Crippen LogP contribution in [0.25, 0.3) is 16.5 Å². The van der Waals surface area contributed by atoms with E-state index in [1.165, 1.54) is 13.0 Å². The number of fused-ring (bicyclic) bond motifs is 3. The van der Waals surface area contributed by atoms with Gasteiger partial charge in [-0.15, -0.1) is 0 Å². The number of ether oxygens (including phenoxy) is 1. The molecular weight excluding hydrogens is 459 g/mol. The van der Waals surface area contributed by atoms with Crippen molar-refractivity contribution < 1.29 is 22.7 Å². The molecule has 0 bridgehead atoms. The molecule has 2 aromatic heterocycles. The first-order valence-electron chi connectivity index (χ1n) is 11.4. The molecule has 0 aliphatic carbocycles. The van der Waals surface area contributed by atoms with Gasteiger partial charge in [0.1, 0.15) is 6.61 Å². The van der Waals surface area contributed by atoms with Crippen LogP contribution in [0.15, 0.2) is 41.5 Å². The number of aromatic nitrogens is 3. The summed E-state index contributed by atoms with van der Waals surface area (Å²) in [5.74, 6) is 0.0360. The molecule has 0 fully saturated rings. The number of halogens is 3. The Kier molecular flexibility index (Phi) is 5.82. The van der Waals surface area contributed by atoms with Crippen molar-refractivity contribution in [3.05, 3.63) is 64.4 Å². The Bertz CT molecular complexity index is 1430.